The molecule has 0 unspecified atom stereocenters. The van der Waals surface area contributed by atoms with Crippen LogP contribution in [0, 0.1) is 0 Å². The molecule has 126 valence electrons. The van der Waals surface area contributed by atoms with E-state index in [2.05, 4.69) is 50.6 Å². The number of likely N-dealkylation sites (tertiary alicyclic amines) is 1. The number of aromatic nitrogens is 5. The third-order valence-corrected chi connectivity index (χ3v) is 4.68. The lowest BCUT2D eigenvalue weighted by Gasteiger charge is -2.35. The molecule has 23 heavy (non-hydrogen) atoms. The van der Waals surface area contributed by atoms with Gasteiger partial charge in [0, 0.05) is 24.9 Å². The minimum absolute atomic E-state index is 0.140. The first-order valence-electron chi connectivity index (χ1n) is 8.56. The fourth-order valence-corrected chi connectivity index (χ4v) is 3.25. The van der Waals surface area contributed by atoms with Crippen LogP contribution in [0.4, 0.5) is 0 Å². The predicted octanol–water partition coefficient (Wildman–Crippen LogP) is 2.75. The highest BCUT2D eigenvalue weighted by Gasteiger charge is 2.30. The van der Waals surface area contributed by atoms with Gasteiger partial charge in [0.15, 0.2) is 5.82 Å². The van der Waals surface area contributed by atoms with Gasteiger partial charge in [0.25, 0.3) is 0 Å². The molecule has 3 rings (SSSR count). The minimum atomic E-state index is 0.140. The first-order valence-corrected chi connectivity index (χ1v) is 8.56. The Morgan fingerprint density at radius 2 is 2.17 bits per heavy atom. The van der Waals surface area contributed by atoms with Gasteiger partial charge in [0.1, 0.15) is 12.2 Å². The van der Waals surface area contributed by atoms with Crippen molar-refractivity contribution in [3.05, 3.63) is 23.9 Å². The van der Waals surface area contributed by atoms with E-state index in [0.29, 0.717) is 17.9 Å². The smallest absolute Gasteiger partial charge is 0.243 e. The van der Waals surface area contributed by atoms with Gasteiger partial charge in [-0.15, -0.1) is 10.2 Å². The summed E-state index contributed by atoms with van der Waals surface area (Å²) in [6.07, 6.45) is 4.94. The van der Waals surface area contributed by atoms with E-state index in [1.165, 1.54) is 0 Å². The molecule has 0 saturated carbocycles. The van der Waals surface area contributed by atoms with E-state index in [1.807, 2.05) is 13.3 Å². The molecule has 1 fully saturated rings. The lowest BCUT2D eigenvalue weighted by molar-refractivity contribution is 0.129. The maximum absolute atomic E-state index is 5.42. The molecule has 1 aliphatic heterocycles. The zero-order valence-corrected chi connectivity index (χ0v) is 14.4. The Bertz CT molecular complexity index is 634. The Hall–Kier alpha value is -1.76. The zero-order chi connectivity index (χ0) is 16.4. The fourth-order valence-electron chi connectivity index (χ4n) is 3.25. The van der Waals surface area contributed by atoms with E-state index < -0.39 is 0 Å². The van der Waals surface area contributed by atoms with Crippen LogP contribution >= 0.6 is 0 Å². The van der Waals surface area contributed by atoms with Crippen LogP contribution in [0.3, 0.4) is 0 Å². The topological polar surface area (TPSA) is 72.9 Å². The number of nitrogens with zero attached hydrogens (tertiary/aromatic N) is 6. The average molecular weight is 318 g/mol. The summed E-state index contributed by atoms with van der Waals surface area (Å²) in [6.45, 7) is 10.5. The molecule has 0 radical (unpaired) electrons. The molecule has 1 aliphatic rings. The van der Waals surface area contributed by atoms with Gasteiger partial charge in [-0.2, -0.15) is 4.98 Å². The second-order valence-electron chi connectivity index (χ2n) is 6.60. The molecular weight excluding hydrogens is 292 g/mol. The molecule has 0 N–H and O–H groups in total. The Kier molecular flexibility index (Phi) is 4.75. The number of aryl methyl sites for hydroxylation is 1. The van der Waals surface area contributed by atoms with E-state index >= 15 is 0 Å². The summed E-state index contributed by atoms with van der Waals surface area (Å²) < 4.78 is 7.60. The molecule has 7 heteroatoms. The van der Waals surface area contributed by atoms with Crippen molar-refractivity contribution >= 4 is 0 Å². The molecular formula is C16H26N6O. The van der Waals surface area contributed by atoms with Crippen molar-refractivity contribution in [2.75, 3.05) is 13.1 Å². The highest BCUT2D eigenvalue weighted by Crippen LogP contribution is 2.31. The quantitative estimate of drug-likeness (QED) is 0.844. The first kappa shape index (κ1) is 16.1. The summed E-state index contributed by atoms with van der Waals surface area (Å²) in [7, 11) is 0. The Balaban J connectivity index is 1.74. The van der Waals surface area contributed by atoms with Crippen molar-refractivity contribution in [3.8, 4) is 0 Å². The van der Waals surface area contributed by atoms with Crippen LogP contribution in [-0.2, 0) is 6.42 Å². The number of hydrogen-bond acceptors (Lipinski definition) is 6. The van der Waals surface area contributed by atoms with E-state index in [1.54, 1.807) is 0 Å². The highest BCUT2D eigenvalue weighted by molar-refractivity contribution is 5.03. The third kappa shape index (κ3) is 3.29. The van der Waals surface area contributed by atoms with Gasteiger partial charge in [-0.25, -0.2) is 0 Å². The van der Waals surface area contributed by atoms with Crippen molar-refractivity contribution in [1.29, 1.82) is 0 Å². The predicted molar refractivity (Wildman–Crippen MR) is 86.0 cm³/mol. The summed E-state index contributed by atoms with van der Waals surface area (Å²) in [5.74, 6) is 2.99. The van der Waals surface area contributed by atoms with Crippen molar-refractivity contribution in [2.24, 2.45) is 0 Å². The second-order valence-corrected chi connectivity index (χ2v) is 6.60. The standard InChI is InChI=1S/C16H26N6O/c1-5-14-18-16(23-20-14)12(4)21-8-6-7-13(9-21)15-19-17-10-22(15)11(2)3/h10-13H,5-9H2,1-4H3/t12-,13-/m1/s1. The van der Waals surface area contributed by atoms with Crippen molar-refractivity contribution < 1.29 is 4.52 Å². The maximum Gasteiger partial charge on any atom is 0.243 e. The largest absolute Gasteiger partial charge is 0.338 e. The monoisotopic (exact) mass is 318 g/mol. The summed E-state index contributed by atoms with van der Waals surface area (Å²) in [5, 5.41) is 12.5. The molecule has 0 spiro atoms. The normalized spacial score (nSPS) is 21.0. The number of hydrogen-bond donors (Lipinski definition) is 0. The van der Waals surface area contributed by atoms with E-state index in [4.69, 9.17) is 4.52 Å². The maximum atomic E-state index is 5.42. The van der Waals surface area contributed by atoms with Gasteiger partial charge in [0.05, 0.1) is 6.04 Å². The van der Waals surface area contributed by atoms with Crippen LogP contribution in [0.1, 0.15) is 76.1 Å². The molecule has 7 nitrogen and oxygen atoms in total. The lowest BCUT2D eigenvalue weighted by Crippen LogP contribution is -2.37. The van der Waals surface area contributed by atoms with Crippen molar-refractivity contribution in [2.45, 2.75) is 65.0 Å². The SMILES string of the molecule is CCc1noc([C@@H](C)N2CCC[C@@H](c3nncn3C(C)C)C2)n1. The van der Waals surface area contributed by atoms with Gasteiger partial charge < -0.3 is 9.09 Å². The van der Waals surface area contributed by atoms with Crippen LogP contribution < -0.4 is 0 Å². The van der Waals surface area contributed by atoms with E-state index in [9.17, 15) is 0 Å². The Morgan fingerprint density at radius 3 is 2.87 bits per heavy atom. The van der Waals surface area contributed by atoms with Gasteiger partial charge in [0.2, 0.25) is 5.89 Å². The van der Waals surface area contributed by atoms with Crippen molar-refractivity contribution in [3.63, 3.8) is 0 Å². The van der Waals surface area contributed by atoms with Gasteiger partial charge in [-0.05, 0) is 40.2 Å². The summed E-state index contributed by atoms with van der Waals surface area (Å²) in [5.41, 5.74) is 0. The highest BCUT2D eigenvalue weighted by atomic mass is 16.5. The molecule has 3 heterocycles. The molecule has 0 aromatic carbocycles. The lowest BCUT2D eigenvalue weighted by atomic mass is 9.95. The number of rotatable bonds is 5. The molecule has 1 saturated heterocycles. The molecule has 2 aromatic rings. The summed E-state index contributed by atoms with van der Waals surface area (Å²) in [6, 6.07) is 0.525. The summed E-state index contributed by atoms with van der Waals surface area (Å²) >= 11 is 0. The zero-order valence-electron chi connectivity index (χ0n) is 14.4. The molecule has 0 aliphatic carbocycles. The van der Waals surface area contributed by atoms with Gasteiger partial charge in [-0.3, -0.25) is 4.90 Å². The van der Waals surface area contributed by atoms with Crippen LogP contribution in [0.2, 0.25) is 0 Å². The van der Waals surface area contributed by atoms with Crippen LogP contribution in [0.15, 0.2) is 10.9 Å². The van der Waals surface area contributed by atoms with Crippen LogP contribution in [0.25, 0.3) is 0 Å². The van der Waals surface area contributed by atoms with Crippen molar-refractivity contribution in [1.82, 2.24) is 29.8 Å². The molecule has 2 aromatic heterocycles. The molecule has 0 amide bonds. The fraction of sp³-hybridized carbons (Fsp3) is 0.750. The van der Waals surface area contributed by atoms with E-state index in [0.717, 1.165) is 44.0 Å². The molecule has 0 bridgehead atoms. The first-order chi connectivity index (χ1) is 11.1. The molecule has 2 atom stereocenters. The third-order valence-electron chi connectivity index (χ3n) is 4.68. The number of piperidine rings is 1. The van der Waals surface area contributed by atoms with E-state index in [-0.39, 0.29) is 6.04 Å². The average Bonchev–Trinajstić information content (AvgIpc) is 3.23. The summed E-state index contributed by atoms with van der Waals surface area (Å²) in [4.78, 5) is 6.90. The van der Waals surface area contributed by atoms with Gasteiger partial charge >= 0.3 is 0 Å². The Labute approximate surface area is 137 Å². The minimum Gasteiger partial charge on any atom is -0.338 e. The second kappa shape index (κ2) is 6.78. The Morgan fingerprint density at radius 1 is 1.35 bits per heavy atom. The van der Waals surface area contributed by atoms with Gasteiger partial charge in [-0.1, -0.05) is 12.1 Å². The van der Waals surface area contributed by atoms with Crippen LogP contribution in [0.5, 0.6) is 0 Å². The van der Waals surface area contributed by atoms with Crippen LogP contribution in [-0.4, -0.2) is 42.9 Å².